The Bertz CT molecular complexity index is 926. The van der Waals surface area contributed by atoms with Gasteiger partial charge in [0.1, 0.15) is 17.6 Å². The van der Waals surface area contributed by atoms with Gasteiger partial charge >= 0.3 is 5.97 Å². The molecule has 1 atom stereocenters. The minimum absolute atomic E-state index is 0.117. The van der Waals surface area contributed by atoms with Gasteiger partial charge in [0, 0.05) is 12.8 Å². The molecule has 0 radical (unpaired) electrons. The number of hydrogen-bond acceptors (Lipinski definition) is 5. The fourth-order valence-electron chi connectivity index (χ4n) is 4.46. The number of halogens is 1. The summed E-state index contributed by atoms with van der Waals surface area (Å²) in [5.74, 6) is 0.294. The van der Waals surface area contributed by atoms with E-state index < -0.39 is 12.0 Å². The lowest BCUT2D eigenvalue weighted by atomic mass is 9.92. The fourth-order valence-corrected chi connectivity index (χ4v) is 4.46. The van der Waals surface area contributed by atoms with Crippen molar-refractivity contribution in [2.45, 2.75) is 44.6 Å². The van der Waals surface area contributed by atoms with Crippen LogP contribution in [0.5, 0.6) is 5.75 Å². The van der Waals surface area contributed by atoms with Gasteiger partial charge in [-0.2, -0.15) is 0 Å². The lowest BCUT2D eigenvalue weighted by Crippen LogP contribution is -2.44. The number of likely N-dealkylation sites (tertiary alicyclic amines) is 1. The van der Waals surface area contributed by atoms with Crippen LogP contribution in [0.2, 0.25) is 0 Å². The zero-order valence-corrected chi connectivity index (χ0v) is 20.1. The standard InChI is InChI=1S/C27H35FN2O4/c1-33-24-10-8-21(9-11-24)18-25(27(32)34-2)29-26(31)19-22-12-15-30(16-13-22)14-4-6-20-5-3-7-23(28)17-20/h3,5,7-11,17,22,25H,4,6,12-16,18-19H2,1-2H3,(H,29,31)/t25-/m0/s1. The maximum absolute atomic E-state index is 13.3. The molecule has 3 rings (SSSR count). The van der Waals surface area contributed by atoms with Crippen LogP contribution in [0, 0.1) is 11.7 Å². The molecular formula is C27H35FN2O4. The van der Waals surface area contributed by atoms with Crippen molar-refractivity contribution in [3.8, 4) is 5.75 Å². The third-order valence-corrected chi connectivity index (χ3v) is 6.43. The number of carbonyl (C=O) groups is 2. The van der Waals surface area contributed by atoms with Gasteiger partial charge in [-0.25, -0.2) is 9.18 Å². The molecule has 1 aliphatic rings. The van der Waals surface area contributed by atoms with E-state index in [0.717, 1.165) is 62.2 Å². The monoisotopic (exact) mass is 470 g/mol. The van der Waals surface area contributed by atoms with Crippen LogP contribution in [0.1, 0.15) is 36.8 Å². The van der Waals surface area contributed by atoms with Crippen molar-refractivity contribution >= 4 is 11.9 Å². The number of methoxy groups -OCH3 is 2. The van der Waals surface area contributed by atoms with E-state index in [-0.39, 0.29) is 11.7 Å². The quantitative estimate of drug-likeness (QED) is 0.507. The Balaban J connectivity index is 1.40. The summed E-state index contributed by atoms with van der Waals surface area (Å²) in [5, 5.41) is 2.87. The van der Waals surface area contributed by atoms with Crippen molar-refractivity contribution in [3.63, 3.8) is 0 Å². The smallest absolute Gasteiger partial charge is 0.328 e. The van der Waals surface area contributed by atoms with Gasteiger partial charge in [-0.15, -0.1) is 0 Å². The maximum Gasteiger partial charge on any atom is 0.328 e. The first-order valence-electron chi connectivity index (χ1n) is 11.9. The molecule has 0 spiro atoms. The van der Waals surface area contributed by atoms with Crippen molar-refractivity contribution in [1.82, 2.24) is 10.2 Å². The Kier molecular flexibility index (Phi) is 9.89. The van der Waals surface area contributed by atoms with Gasteiger partial charge in [0.2, 0.25) is 5.91 Å². The number of esters is 1. The third kappa shape index (κ3) is 8.13. The zero-order chi connectivity index (χ0) is 24.3. The predicted molar refractivity (Wildman–Crippen MR) is 129 cm³/mol. The molecular weight excluding hydrogens is 435 g/mol. The normalized spacial score (nSPS) is 15.5. The van der Waals surface area contributed by atoms with Crippen LogP contribution in [0.25, 0.3) is 0 Å². The van der Waals surface area contributed by atoms with Gasteiger partial charge in [-0.1, -0.05) is 24.3 Å². The van der Waals surface area contributed by atoms with Crippen LogP contribution in [0.15, 0.2) is 48.5 Å². The number of nitrogens with one attached hydrogen (secondary N) is 1. The molecule has 2 aromatic rings. The second-order valence-electron chi connectivity index (χ2n) is 8.92. The largest absolute Gasteiger partial charge is 0.497 e. The Morgan fingerprint density at radius 2 is 1.82 bits per heavy atom. The van der Waals surface area contributed by atoms with Crippen LogP contribution in [0.3, 0.4) is 0 Å². The predicted octanol–water partition coefficient (Wildman–Crippen LogP) is 3.77. The Morgan fingerprint density at radius 3 is 2.47 bits per heavy atom. The maximum atomic E-state index is 13.3. The number of aryl methyl sites for hydroxylation is 1. The number of nitrogens with zero attached hydrogens (tertiary/aromatic N) is 1. The summed E-state index contributed by atoms with van der Waals surface area (Å²) in [6, 6.07) is 13.5. The molecule has 1 saturated heterocycles. The highest BCUT2D eigenvalue weighted by Crippen LogP contribution is 2.21. The molecule has 34 heavy (non-hydrogen) atoms. The molecule has 1 N–H and O–H groups in total. The minimum atomic E-state index is -0.714. The van der Waals surface area contributed by atoms with E-state index >= 15 is 0 Å². The number of hydrogen-bond donors (Lipinski definition) is 1. The highest BCUT2D eigenvalue weighted by atomic mass is 19.1. The van der Waals surface area contributed by atoms with Crippen LogP contribution in [-0.2, 0) is 27.2 Å². The molecule has 1 aliphatic heterocycles. The number of piperidine rings is 1. The van der Waals surface area contributed by atoms with Crippen molar-refractivity contribution in [2.75, 3.05) is 33.9 Å². The summed E-state index contributed by atoms with van der Waals surface area (Å²) in [5.41, 5.74) is 1.95. The summed E-state index contributed by atoms with van der Waals surface area (Å²) in [6.45, 7) is 2.88. The summed E-state index contributed by atoms with van der Waals surface area (Å²) in [4.78, 5) is 27.3. The number of amides is 1. The van der Waals surface area contributed by atoms with E-state index in [1.54, 1.807) is 19.2 Å². The number of ether oxygens (including phenoxy) is 2. The van der Waals surface area contributed by atoms with Gasteiger partial charge in [-0.05, 0) is 86.6 Å². The van der Waals surface area contributed by atoms with E-state index in [1.165, 1.54) is 13.2 Å². The molecule has 0 unspecified atom stereocenters. The van der Waals surface area contributed by atoms with Crippen molar-refractivity contribution in [3.05, 3.63) is 65.5 Å². The molecule has 1 heterocycles. The third-order valence-electron chi connectivity index (χ3n) is 6.43. The van der Waals surface area contributed by atoms with Crippen LogP contribution in [0.4, 0.5) is 4.39 Å². The van der Waals surface area contributed by atoms with Crippen LogP contribution in [-0.4, -0.2) is 56.7 Å². The molecule has 1 fully saturated rings. The highest BCUT2D eigenvalue weighted by molar-refractivity contribution is 5.84. The molecule has 0 aromatic heterocycles. The SMILES string of the molecule is COC(=O)[C@H](Cc1ccc(OC)cc1)NC(=O)CC1CCN(CCCc2cccc(F)c2)CC1. The lowest BCUT2D eigenvalue weighted by molar-refractivity contribution is -0.145. The van der Waals surface area contributed by atoms with Crippen LogP contribution >= 0.6 is 0 Å². The number of benzene rings is 2. The molecule has 184 valence electrons. The first kappa shape index (κ1) is 25.7. The number of carbonyl (C=O) groups excluding carboxylic acids is 2. The van der Waals surface area contributed by atoms with Gasteiger partial charge in [0.15, 0.2) is 0 Å². The summed E-state index contributed by atoms with van der Waals surface area (Å²) in [6.07, 6.45) is 4.53. The van der Waals surface area contributed by atoms with Crippen molar-refractivity contribution in [2.24, 2.45) is 5.92 Å². The van der Waals surface area contributed by atoms with E-state index in [9.17, 15) is 14.0 Å². The van der Waals surface area contributed by atoms with Gasteiger partial charge in [-0.3, -0.25) is 4.79 Å². The zero-order valence-electron chi connectivity index (χ0n) is 20.1. The van der Waals surface area contributed by atoms with E-state index in [2.05, 4.69) is 10.2 Å². The van der Waals surface area contributed by atoms with E-state index in [0.29, 0.717) is 18.8 Å². The molecule has 7 heteroatoms. The topological polar surface area (TPSA) is 67.9 Å². The summed E-state index contributed by atoms with van der Waals surface area (Å²) < 4.78 is 23.4. The van der Waals surface area contributed by atoms with Crippen LogP contribution < -0.4 is 10.1 Å². The molecule has 1 amide bonds. The highest BCUT2D eigenvalue weighted by Gasteiger charge is 2.25. The number of rotatable bonds is 11. The summed E-state index contributed by atoms with van der Waals surface area (Å²) >= 11 is 0. The van der Waals surface area contributed by atoms with E-state index in [4.69, 9.17) is 9.47 Å². The minimum Gasteiger partial charge on any atom is -0.497 e. The van der Waals surface area contributed by atoms with Gasteiger partial charge in [0.25, 0.3) is 0 Å². The Labute approximate surface area is 201 Å². The van der Waals surface area contributed by atoms with Gasteiger partial charge in [0.05, 0.1) is 14.2 Å². The average Bonchev–Trinajstić information content (AvgIpc) is 2.84. The summed E-state index contributed by atoms with van der Waals surface area (Å²) in [7, 11) is 2.93. The van der Waals surface area contributed by atoms with Gasteiger partial charge < -0.3 is 19.7 Å². The first-order valence-corrected chi connectivity index (χ1v) is 11.9. The average molecular weight is 471 g/mol. The van der Waals surface area contributed by atoms with E-state index in [1.807, 2.05) is 30.3 Å². The second-order valence-corrected chi connectivity index (χ2v) is 8.92. The Hall–Kier alpha value is -2.93. The molecule has 0 bridgehead atoms. The Morgan fingerprint density at radius 1 is 1.09 bits per heavy atom. The van der Waals surface area contributed by atoms with Crippen molar-refractivity contribution in [1.29, 1.82) is 0 Å². The van der Waals surface area contributed by atoms with Crippen molar-refractivity contribution < 1.29 is 23.5 Å². The first-order chi connectivity index (χ1) is 16.5. The lowest BCUT2D eigenvalue weighted by Gasteiger charge is -2.32. The molecule has 0 saturated carbocycles. The molecule has 0 aliphatic carbocycles. The second kappa shape index (κ2) is 13.1. The molecule has 6 nitrogen and oxygen atoms in total. The molecule has 2 aromatic carbocycles. The fraction of sp³-hybridized carbons (Fsp3) is 0.481.